The number of nitrogens with zero attached hydrogens (tertiary/aromatic N) is 3. The summed E-state index contributed by atoms with van der Waals surface area (Å²) in [6.45, 7) is 0. The van der Waals surface area contributed by atoms with E-state index < -0.39 is 0 Å². The number of fused-ring (bicyclic) bond motifs is 1. The van der Waals surface area contributed by atoms with Crippen LogP contribution >= 0.6 is 11.3 Å². The SMILES string of the molecule is CN=C1Nc2ncccc2C(C2CCCC2)=NC1c1cccs1. The maximum Gasteiger partial charge on any atom is 0.142 e. The molecular weight excluding hydrogens is 304 g/mol. The number of thiophene rings is 1. The topological polar surface area (TPSA) is 49.6 Å². The molecule has 2 aromatic heterocycles. The zero-order chi connectivity index (χ0) is 15.6. The second-order valence-corrected chi connectivity index (χ2v) is 7.03. The highest BCUT2D eigenvalue weighted by atomic mass is 32.1. The van der Waals surface area contributed by atoms with E-state index in [1.807, 2.05) is 19.3 Å². The molecule has 1 N–H and O–H groups in total. The molecule has 118 valence electrons. The van der Waals surface area contributed by atoms with Crippen molar-refractivity contribution in [3.05, 3.63) is 46.3 Å². The van der Waals surface area contributed by atoms with Crippen LogP contribution in [0.4, 0.5) is 5.82 Å². The van der Waals surface area contributed by atoms with E-state index in [4.69, 9.17) is 4.99 Å². The zero-order valence-corrected chi connectivity index (χ0v) is 14.0. The van der Waals surface area contributed by atoms with Gasteiger partial charge in [0.2, 0.25) is 0 Å². The van der Waals surface area contributed by atoms with Crippen LogP contribution in [-0.4, -0.2) is 23.6 Å². The molecule has 0 radical (unpaired) electrons. The van der Waals surface area contributed by atoms with Gasteiger partial charge < -0.3 is 5.32 Å². The Balaban J connectivity index is 1.87. The van der Waals surface area contributed by atoms with E-state index in [1.54, 1.807) is 11.3 Å². The number of pyridine rings is 1. The van der Waals surface area contributed by atoms with Crippen LogP contribution in [0.1, 0.15) is 42.2 Å². The van der Waals surface area contributed by atoms with Gasteiger partial charge in [-0.15, -0.1) is 11.3 Å². The largest absolute Gasteiger partial charge is 0.326 e. The standard InChI is InChI=1S/C18H20N4S/c1-19-18-16(14-9-5-11-23-14)21-15(12-6-2-3-7-12)13-8-4-10-20-17(13)22-18/h4-5,8-12,16H,2-3,6-7H2,1H3,(H,19,20,22). The molecule has 0 amide bonds. The third kappa shape index (κ3) is 2.70. The van der Waals surface area contributed by atoms with Gasteiger partial charge in [-0.1, -0.05) is 18.9 Å². The summed E-state index contributed by atoms with van der Waals surface area (Å²) in [6, 6.07) is 8.30. The normalized spacial score (nSPS) is 23.3. The summed E-state index contributed by atoms with van der Waals surface area (Å²) in [5, 5.41) is 5.53. The van der Waals surface area contributed by atoms with Crippen molar-refractivity contribution in [3.63, 3.8) is 0 Å². The molecule has 4 nitrogen and oxygen atoms in total. The van der Waals surface area contributed by atoms with Crippen LogP contribution in [0.25, 0.3) is 0 Å². The lowest BCUT2D eigenvalue weighted by Gasteiger charge is -2.15. The van der Waals surface area contributed by atoms with Crippen molar-refractivity contribution in [1.29, 1.82) is 0 Å². The molecule has 1 fully saturated rings. The molecule has 2 aliphatic rings. The van der Waals surface area contributed by atoms with Crippen LogP contribution in [0.3, 0.4) is 0 Å². The van der Waals surface area contributed by atoms with E-state index in [9.17, 15) is 0 Å². The lowest BCUT2D eigenvalue weighted by atomic mass is 9.95. The molecule has 5 heteroatoms. The monoisotopic (exact) mass is 324 g/mol. The van der Waals surface area contributed by atoms with Gasteiger partial charge in [-0.3, -0.25) is 9.98 Å². The van der Waals surface area contributed by atoms with Crippen LogP contribution in [0.15, 0.2) is 45.8 Å². The van der Waals surface area contributed by atoms with Crippen molar-refractivity contribution >= 4 is 28.7 Å². The molecule has 0 aromatic carbocycles. The Labute approximate surface area is 140 Å². The van der Waals surface area contributed by atoms with Crippen LogP contribution < -0.4 is 5.32 Å². The van der Waals surface area contributed by atoms with E-state index in [-0.39, 0.29) is 6.04 Å². The minimum atomic E-state index is -0.0511. The molecule has 23 heavy (non-hydrogen) atoms. The van der Waals surface area contributed by atoms with Gasteiger partial charge >= 0.3 is 0 Å². The number of hydrogen-bond acceptors (Lipinski definition) is 4. The third-order valence-corrected chi connectivity index (χ3v) is 5.58. The summed E-state index contributed by atoms with van der Waals surface area (Å²) in [5.41, 5.74) is 2.34. The van der Waals surface area contributed by atoms with Crippen LogP contribution in [0.5, 0.6) is 0 Å². The summed E-state index contributed by atoms with van der Waals surface area (Å²) in [4.78, 5) is 15.4. The highest BCUT2D eigenvalue weighted by Gasteiger charge is 2.30. The minimum Gasteiger partial charge on any atom is -0.326 e. The Bertz CT molecular complexity index is 742. The first-order valence-electron chi connectivity index (χ1n) is 8.17. The van der Waals surface area contributed by atoms with Gasteiger partial charge in [0.15, 0.2) is 0 Å². The lowest BCUT2D eigenvalue weighted by molar-refractivity contribution is 0.722. The van der Waals surface area contributed by atoms with Crippen molar-refractivity contribution in [3.8, 4) is 0 Å². The molecule has 3 heterocycles. The van der Waals surface area contributed by atoms with Crippen molar-refractivity contribution in [2.75, 3.05) is 12.4 Å². The third-order valence-electron chi connectivity index (χ3n) is 4.65. The maximum atomic E-state index is 5.19. The van der Waals surface area contributed by atoms with Gasteiger partial charge in [0.05, 0.1) is 5.71 Å². The van der Waals surface area contributed by atoms with Crippen LogP contribution in [-0.2, 0) is 0 Å². The van der Waals surface area contributed by atoms with E-state index >= 15 is 0 Å². The molecule has 0 spiro atoms. The van der Waals surface area contributed by atoms with E-state index in [0.717, 1.165) is 17.2 Å². The molecule has 0 bridgehead atoms. The predicted molar refractivity (Wildman–Crippen MR) is 96.8 cm³/mol. The average Bonchev–Trinajstić information content (AvgIpc) is 3.26. The van der Waals surface area contributed by atoms with E-state index in [0.29, 0.717) is 5.92 Å². The quantitative estimate of drug-likeness (QED) is 0.894. The fourth-order valence-corrected chi connectivity index (χ4v) is 4.28. The predicted octanol–water partition coefficient (Wildman–Crippen LogP) is 4.32. The molecule has 1 unspecified atom stereocenters. The number of aliphatic imine (C=N–C) groups is 2. The van der Waals surface area contributed by atoms with Crippen molar-refractivity contribution in [2.24, 2.45) is 15.9 Å². The maximum absolute atomic E-state index is 5.19. The van der Waals surface area contributed by atoms with Gasteiger partial charge in [0, 0.05) is 29.6 Å². The second kappa shape index (κ2) is 6.24. The molecule has 2 aromatic rings. The zero-order valence-electron chi connectivity index (χ0n) is 13.2. The lowest BCUT2D eigenvalue weighted by Crippen LogP contribution is -2.19. The fourth-order valence-electron chi connectivity index (χ4n) is 3.52. The van der Waals surface area contributed by atoms with Gasteiger partial charge in [0.1, 0.15) is 17.7 Å². The van der Waals surface area contributed by atoms with E-state index in [2.05, 4.69) is 38.9 Å². The first kappa shape index (κ1) is 14.6. The molecule has 4 rings (SSSR count). The number of hydrogen-bond donors (Lipinski definition) is 1. The molecule has 1 atom stereocenters. The molecular formula is C18H20N4S. The smallest absolute Gasteiger partial charge is 0.142 e. The highest BCUT2D eigenvalue weighted by molar-refractivity contribution is 7.10. The molecule has 1 saturated carbocycles. The van der Waals surface area contributed by atoms with Crippen LogP contribution in [0, 0.1) is 5.92 Å². The highest BCUT2D eigenvalue weighted by Crippen LogP contribution is 2.36. The number of anilines is 1. The Morgan fingerprint density at radius 1 is 1.22 bits per heavy atom. The van der Waals surface area contributed by atoms with Crippen molar-refractivity contribution < 1.29 is 0 Å². The fraction of sp³-hybridized carbons (Fsp3) is 0.389. The van der Waals surface area contributed by atoms with Gasteiger partial charge in [-0.05, 0) is 36.4 Å². The second-order valence-electron chi connectivity index (χ2n) is 6.05. The minimum absolute atomic E-state index is 0.0511. The number of nitrogens with one attached hydrogen (secondary N) is 1. The first-order valence-corrected chi connectivity index (χ1v) is 9.05. The summed E-state index contributed by atoms with van der Waals surface area (Å²) in [6.07, 6.45) is 6.87. The van der Waals surface area contributed by atoms with Crippen molar-refractivity contribution in [1.82, 2.24) is 4.98 Å². The summed E-state index contributed by atoms with van der Waals surface area (Å²) >= 11 is 1.73. The van der Waals surface area contributed by atoms with Crippen molar-refractivity contribution in [2.45, 2.75) is 31.7 Å². The molecule has 1 aliphatic heterocycles. The summed E-state index contributed by atoms with van der Waals surface area (Å²) < 4.78 is 0. The summed E-state index contributed by atoms with van der Waals surface area (Å²) in [5.74, 6) is 2.30. The average molecular weight is 324 g/mol. The molecule has 1 aliphatic carbocycles. The van der Waals surface area contributed by atoms with Crippen LogP contribution in [0.2, 0.25) is 0 Å². The van der Waals surface area contributed by atoms with Gasteiger partial charge in [0.25, 0.3) is 0 Å². The Kier molecular flexibility index (Phi) is 3.95. The van der Waals surface area contributed by atoms with E-state index in [1.165, 1.54) is 36.3 Å². The number of amidine groups is 1. The van der Waals surface area contributed by atoms with Gasteiger partial charge in [-0.25, -0.2) is 4.98 Å². The Morgan fingerprint density at radius 3 is 2.83 bits per heavy atom. The van der Waals surface area contributed by atoms with Gasteiger partial charge in [-0.2, -0.15) is 0 Å². The molecule has 0 saturated heterocycles. The first-order chi connectivity index (χ1) is 11.4. The number of aromatic nitrogens is 1. The Morgan fingerprint density at radius 2 is 2.09 bits per heavy atom. The Hall–Kier alpha value is -2.01. The number of rotatable bonds is 2. The summed E-state index contributed by atoms with van der Waals surface area (Å²) in [7, 11) is 1.82.